The monoisotopic (exact) mass is 418 g/mol. The number of carbonyl (C=O) groups excluding carboxylic acids is 2. The summed E-state index contributed by atoms with van der Waals surface area (Å²) in [7, 11) is 0. The lowest BCUT2D eigenvalue weighted by molar-refractivity contribution is -0.156. The summed E-state index contributed by atoms with van der Waals surface area (Å²) in [5.74, 6) is -1.97. The minimum atomic E-state index is -0.873. The van der Waals surface area contributed by atoms with E-state index < -0.39 is 23.7 Å². The van der Waals surface area contributed by atoms with E-state index in [-0.39, 0.29) is 17.7 Å². The first-order valence-corrected chi connectivity index (χ1v) is 11.7. The smallest absolute Gasteiger partial charge is 0.307 e. The number of carboxylic acid groups (broad SMARTS) is 1. The number of fused-ring (bicyclic) bond motifs is 4. The highest BCUT2D eigenvalue weighted by Gasteiger charge is 2.50. The Bertz CT molecular complexity index is 825. The summed E-state index contributed by atoms with van der Waals surface area (Å²) in [6, 6.07) is 0. The Balaban J connectivity index is 1.60. The van der Waals surface area contributed by atoms with Crippen LogP contribution in [-0.4, -0.2) is 22.9 Å². The average molecular weight is 419 g/mol. The standard InChI is InChI=1S/C22H30N2O4S/c1-2-3-11-4-9-14-15(10-11)29-21(18(14)19(23)25)24-20(26)16-12-5-7-13(8-6-12)17(16)22(27)28/h11-13,16-17H,2-10H2,1H3,(H2,23,25)(H,24,26)(H,27,28)/t11-,12?,13?,16-,17-/m0/s1. The number of carboxylic acids is 1. The number of hydrogen-bond acceptors (Lipinski definition) is 4. The summed E-state index contributed by atoms with van der Waals surface area (Å²) in [6.07, 6.45) is 8.69. The van der Waals surface area contributed by atoms with Crippen LogP contribution >= 0.6 is 11.3 Å². The predicted octanol–water partition coefficient (Wildman–Crippen LogP) is 3.83. The molecule has 0 unspecified atom stereocenters. The molecule has 6 nitrogen and oxygen atoms in total. The van der Waals surface area contributed by atoms with Crippen molar-refractivity contribution in [3.8, 4) is 0 Å². The third kappa shape index (κ3) is 3.69. The zero-order valence-corrected chi connectivity index (χ0v) is 17.7. The topological polar surface area (TPSA) is 109 Å². The first-order valence-electron chi connectivity index (χ1n) is 10.9. The number of hydrogen-bond donors (Lipinski definition) is 3. The lowest BCUT2D eigenvalue weighted by Crippen LogP contribution is -2.49. The van der Waals surface area contributed by atoms with Crippen LogP contribution in [0.4, 0.5) is 5.00 Å². The van der Waals surface area contributed by atoms with Crippen molar-refractivity contribution in [3.05, 3.63) is 16.0 Å². The molecule has 0 aliphatic heterocycles. The van der Waals surface area contributed by atoms with E-state index in [9.17, 15) is 19.5 Å². The lowest BCUT2D eigenvalue weighted by Gasteiger charge is -2.45. The number of anilines is 1. The van der Waals surface area contributed by atoms with Gasteiger partial charge in [0.05, 0.1) is 17.4 Å². The van der Waals surface area contributed by atoms with E-state index in [1.54, 1.807) is 0 Å². The van der Waals surface area contributed by atoms with Crippen molar-refractivity contribution in [3.63, 3.8) is 0 Å². The summed E-state index contributed by atoms with van der Waals surface area (Å²) in [5.41, 5.74) is 7.13. The zero-order chi connectivity index (χ0) is 20.7. The molecule has 3 atom stereocenters. The normalized spacial score (nSPS) is 30.6. The molecule has 1 aromatic rings. The summed E-state index contributed by atoms with van der Waals surface area (Å²) in [4.78, 5) is 38.5. The van der Waals surface area contributed by atoms with Gasteiger partial charge in [0.2, 0.25) is 5.91 Å². The average Bonchev–Trinajstić information content (AvgIpc) is 3.05. The van der Waals surface area contributed by atoms with Crippen molar-refractivity contribution in [1.29, 1.82) is 0 Å². The van der Waals surface area contributed by atoms with Crippen LogP contribution in [-0.2, 0) is 22.4 Å². The molecule has 29 heavy (non-hydrogen) atoms. The minimum Gasteiger partial charge on any atom is -0.481 e. The van der Waals surface area contributed by atoms with Gasteiger partial charge < -0.3 is 16.2 Å². The van der Waals surface area contributed by atoms with E-state index in [4.69, 9.17) is 5.73 Å². The van der Waals surface area contributed by atoms with Crippen molar-refractivity contribution in [2.24, 2.45) is 35.3 Å². The molecule has 4 aliphatic carbocycles. The van der Waals surface area contributed by atoms with Gasteiger partial charge in [-0.05, 0) is 68.3 Å². The van der Waals surface area contributed by atoms with Gasteiger partial charge in [0.1, 0.15) is 5.00 Å². The third-order valence-corrected chi connectivity index (χ3v) is 8.52. The van der Waals surface area contributed by atoms with Crippen LogP contribution in [0.25, 0.3) is 0 Å². The Morgan fingerprint density at radius 2 is 1.76 bits per heavy atom. The molecule has 4 N–H and O–H groups in total. The van der Waals surface area contributed by atoms with Gasteiger partial charge in [-0.2, -0.15) is 0 Å². The molecule has 1 heterocycles. The number of nitrogens with one attached hydrogen (secondary N) is 1. The quantitative estimate of drug-likeness (QED) is 0.652. The number of primary amides is 1. The first kappa shape index (κ1) is 20.4. The highest BCUT2D eigenvalue weighted by molar-refractivity contribution is 7.17. The highest BCUT2D eigenvalue weighted by Crippen LogP contribution is 2.50. The molecule has 3 saturated carbocycles. The number of amides is 2. The fourth-order valence-electron chi connectivity index (χ4n) is 6.03. The molecular weight excluding hydrogens is 388 g/mol. The molecule has 4 aliphatic rings. The maximum absolute atomic E-state index is 13.2. The van der Waals surface area contributed by atoms with Crippen molar-refractivity contribution in [2.45, 2.75) is 64.7 Å². The van der Waals surface area contributed by atoms with Crippen LogP contribution in [0.15, 0.2) is 0 Å². The second kappa shape index (κ2) is 8.09. The van der Waals surface area contributed by atoms with Crippen LogP contribution in [0.2, 0.25) is 0 Å². The zero-order valence-electron chi connectivity index (χ0n) is 16.9. The summed E-state index contributed by atoms with van der Waals surface area (Å²) >= 11 is 1.46. The fraction of sp³-hybridized carbons (Fsp3) is 0.682. The number of nitrogens with two attached hydrogens (primary N) is 1. The molecule has 3 fully saturated rings. The van der Waals surface area contributed by atoms with Crippen molar-refractivity contribution >= 4 is 34.1 Å². The number of thiophene rings is 1. The van der Waals surface area contributed by atoms with Crippen molar-refractivity contribution < 1.29 is 19.5 Å². The molecule has 0 radical (unpaired) electrons. The number of rotatable bonds is 6. The highest BCUT2D eigenvalue weighted by atomic mass is 32.1. The molecular formula is C22H30N2O4S. The van der Waals surface area contributed by atoms with E-state index in [1.807, 2.05) is 0 Å². The van der Waals surface area contributed by atoms with Crippen LogP contribution in [0.5, 0.6) is 0 Å². The van der Waals surface area contributed by atoms with Gasteiger partial charge in [0.25, 0.3) is 5.91 Å². The molecule has 2 bridgehead atoms. The third-order valence-electron chi connectivity index (χ3n) is 7.35. The van der Waals surface area contributed by atoms with Crippen LogP contribution in [0.3, 0.4) is 0 Å². The second-order valence-corrected chi connectivity index (χ2v) is 10.1. The van der Waals surface area contributed by atoms with E-state index in [1.165, 1.54) is 11.3 Å². The Labute approximate surface area is 175 Å². The second-order valence-electron chi connectivity index (χ2n) is 9.02. The van der Waals surface area contributed by atoms with E-state index >= 15 is 0 Å². The summed E-state index contributed by atoms with van der Waals surface area (Å²) in [5, 5.41) is 13.2. The maximum atomic E-state index is 13.2. The number of carbonyl (C=O) groups is 3. The Hall–Kier alpha value is -1.89. The first-order chi connectivity index (χ1) is 13.9. The molecule has 0 saturated heterocycles. The number of aliphatic carboxylic acids is 1. The van der Waals surface area contributed by atoms with Crippen LogP contribution in [0, 0.1) is 29.6 Å². The minimum absolute atomic E-state index is 0.0789. The Kier molecular flexibility index (Phi) is 5.69. The van der Waals surface area contributed by atoms with E-state index in [2.05, 4.69) is 12.2 Å². The van der Waals surface area contributed by atoms with Gasteiger partial charge in [0.15, 0.2) is 0 Å². The largest absolute Gasteiger partial charge is 0.481 e. The van der Waals surface area contributed by atoms with Gasteiger partial charge in [-0.3, -0.25) is 14.4 Å². The molecule has 1 aromatic heterocycles. The van der Waals surface area contributed by atoms with Crippen molar-refractivity contribution in [1.82, 2.24) is 0 Å². The van der Waals surface area contributed by atoms with Gasteiger partial charge in [0, 0.05) is 4.88 Å². The maximum Gasteiger partial charge on any atom is 0.307 e. The lowest BCUT2D eigenvalue weighted by atomic mass is 9.58. The predicted molar refractivity (Wildman–Crippen MR) is 112 cm³/mol. The van der Waals surface area contributed by atoms with Gasteiger partial charge in [-0.25, -0.2) is 0 Å². The van der Waals surface area contributed by atoms with Gasteiger partial charge in [-0.1, -0.05) is 19.8 Å². The van der Waals surface area contributed by atoms with Gasteiger partial charge in [-0.15, -0.1) is 11.3 Å². The molecule has 158 valence electrons. The van der Waals surface area contributed by atoms with Crippen LogP contribution in [0.1, 0.15) is 72.7 Å². The molecule has 0 aromatic carbocycles. The Morgan fingerprint density at radius 1 is 1.10 bits per heavy atom. The molecule has 2 amide bonds. The fourth-order valence-corrected chi connectivity index (χ4v) is 7.41. The summed E-state index contributed by atoms with van der Waals surface area (Å²) < 4.78 is 0. The molecule has 5 rings (SSSR count). The molecule has 0 spiro atoms. The SMILES string of the molecule is CCC[C@H]1CCc2c(sc(NC(=O)[C@H]3C4CCC(CC4)[C@@H]3C(=O)O)c2C(N)=O)C1. The van der Waals surface area contributed by atoms with Crippen molar-refractivity contribution in [2.75, 3.05) is 5.32 Å². The molecule has 7 heteroatoms. The van der Waals surface area contributed by atoms with E-state index in [0.717, 1.165) is 68.2 Å². The van der Waals surface area contributed by atoms with E-state index in [0.29, 0.717) is 16.5 Å². The summed E-state index contributed by atoms with van der Waals surface area (Å²) in [6.45, 7) is 2.18. The van der Waals surface area contributed by atoms with Gasteiger partial charge >= 0.3 is 5.97 Å². The Morgan fingerprint density at radius 3 is 2.34 bits per heavy atom. The van der Waals surface area contributed by atoms with Crippen LogP contribution < -0.4 is 11.1 Å².